The van der Waals surface area contributed by atoms with Crippen LogP contribution in [0.5, 0.6) is 0 Å². The van der Waals surface area contributed by atoms with Crippen molar-refractivity contribution in [2.45, 2.75) is 50.1 Å². The minimum absolute atomic E-state index is 0. The average molecular weight is 349 g/mol. The van der Waals surface area contributed by atoms with Crippen molar-refractivity contribution in [1.29, 1.82) is 0 Å². The van der Waals surface area contributed by atoms with E-state index in [0.29, 0.717) is 5.92 Å². The minimum Gasteiger partial charge on any atom is -0.191 e. The van der Waals surface area contributed by atoms with Gasteiger partial charge in [-0.25, -0.2) is 0 Å². The molecule has 0 amide bonds. The first-order valence-electron chi connectivity index (χ1n) is 7.79. The minimum atomic E-state index is 0. The van der Waals surface area contributed by atoms with Gasteiger partial charge in [0.2, 0.25) is 5.16 Å². The number of thioether (sulfide) groups is 1. The maximum Gasteiger partial charge on any atom is 0.212 e. The number of nitrogens with zero attached hydrogens (tertiary/aromatic N) is 4. The Labute approximate surface area is 147 Å². The molecule has 0 saturated heterocycles. The van der Waals surface area contributed by atoms with E-state index in [1.807, 2.05) is 4.68 Å². The fourth-order valence-corrected chi connectivity index (χ4v) is 3.49. The Bertz CT molecular complexity index is 739. The van der Waals surface area contributed by atoms with Crippen LogP contribution in [0.1, 0.15) is 56.5 Å². The highest BCUT2D eigenvalue weighted by atomic mass is 35.5. The van der Waals surface area contributed by atoms with Crippen molar-refractivity contribution in [2.24, 2.45) is 5.10 Å². The molecule has 0 N–H and O–H groups in total. The molecule has 23 heavy (non-hydrogen) atoms. The molecule has 0 spiro atoms. The van der Waals surface area contributed by atoms with Crippen molar-refractivity contribution in [1.82, 2.24) is 14.9 Å². The summed E-state index contributed by atoms with van der Waals surface area (Å²) in [7, 11) is 0. The smallest absolute Gasteiger partial charge is 0.191 e. The van der Waals surface area contributed by atoms with Crippen molar-refractivity contribution in [3.05, 3.63) is 41.2 Å². The second-order valence-electron chi connectivity index (χ2n) is 7.09. The molecule has 1 aromatic carbocycles. The van der Waals surface area contributed by atoms with Gasteiger partial charge in [0.1, 0.15) is 0 Å². The van der Waals surface area contributed by atoms with Crippen LogP contribution in [0.25, 0.3) is 0 Å². The second kappa shape index (κ2) is 5.95. The lowest BCUT2D eigenvalue weighted by Crippen LogP contribution is -2.15. The van der Waals surface area contributed by atoms with E-state index in [1.165, 1.54) is 24.0 Å². The number of rotatable bonds is 2. The third-order valence-electron chi connectivity index (χ3n) is 4.22. The standard InChI is InChI=1S/C17H20N4S.ClH/c1-17(2,3)13-8-6-11(7-9-13)14-10-22-16-19-18-15(12-4-5-12)21(16)20-14;/h6-9,12H,4-5,10H2,1-3H3;1H. The zero-order valence-electron chi connectivity index (χ0n) is 13.6. The molecule has 4 rings (SSSR count). The van der Waals surface area contributed by atoms with Gasteiger partial charge in [-0.3, -0.25) is 0 Å². The van der Waals surface area contributed by atoms with Gasteiger partial charge in [0.25, 0.3) is 0 Å². The largest absolute Gasteiger partial charge is 0.212 e. The first-order valence-corrected chi connectivity index (χ1v) is 8.78. The maximum atomic E-state index is 4.82. The molecule has 1 saturated carbocycles. The molecule has 1 aromatic heterocycles. The van der Waals surface area contributed by atoms with Gasteiger partial charge in [0, 0.05) is 11.7 Å². The number of aromatic nitrogens is 3. The summed E-state index contributed by atoms with van der Waals surface area (Å²) < 4.78 is 1.96. The van der Waals surface area contributed by atoms with E-state index in [2.05, 4.69) is 55.2 Å². The van der Waals surface area contributed by atoms with Crippen molar-refractivity contribution < 1.29 is 0 Å². The van der Waals surface area contributed by atoms with Crippen LogP contribution in [0, 0.1) is 0 Å². The molecular weight excluding hydrogens is 328 g/mol. The number of halogens is 1. The monoisotopic (exact) mass is 348 g/mol. The van der Waals surface area contributed by atoms with Gasteiger partial charge < -0.3 is 0 Å². The molecule has 122 valence electrons. The Hall–Kier alpha value is -1.33. The highest BCUT2D eigenvalue weighted by Crippen LogP contribution is 2.40. The summed E-state index contributed by atoms with van der Waals surface area (Å²) >= 11 is 1.73. The van der Waals surface area contributed by atoms with Crippen LogP contribution in [0.15, 0.2) is 34.5 Å². The van der Waals surface area contributed by atoms with Gasteiger partial charge >= 0.3 is 0 Å². The molecule has 1 aliphatic heterocycles. The summed E-state index contributed by atoms with van der Waals surface area (Å²) in [5.41, 5.74) is 3.84. The molecule has 1 aliphatic carbocycles. The highest BCUT2D eigenvalue weighted by molar-refractivity contribution is 7.99. The summed E-state index contributed by atoms with van der Waals surface area (Å²) in [6.45, 7) is 6.71. The molecular formula is C17H21ClN4S. The molecule has 4 nitrogen and oxygen atoms in total. The Kier molecular flexibility index (Phi) is 4.27. The van der Waals surface area contributed by atoms with Crippen molar-refractivity contribution >= 4 is 29.9 Å². The predicted molar refractivity (Wildman–Crippen MR) is 97.0 cm³/mol. The van der Waals surface area contributed by atoms with Crippen molar-refractivity contribution in [3.63, 3.8) is 0 Å². The predicted octanol–water partition coefficient (Wildman–Crippen LogP) is 4.23. The number of fused-ring (bicyclic) bond motifs is 1. The van der Waals surface area contributed by atoms with Gasteiger partial charge in [-0.05, 0) is 29.4 Å². The van der Waals surface area contributed by atoms with Gasteiger partial charge in [-0.15, -0.1) is 22.6 Å². The van der Waals surface area contributed by atoms with E-state index in [9.17, 15) is 0 Å². The van der Waals surface area contributed by atoms with Crippen LogP contribution in [0.2, 0.25) is 0 Å². The Morgan fingerprint density at radius 3 is 2.39 bits per heavy atom. The zero-order chi connectivity index (χ0) is 15.3. The van der Waals surface area contributed by atoms with Gasteiger partial charge in [0.05, 0.1) is 5.71 Å². The SMILES string of the molecule is CC(C)(C)c1ccc(C2=Nn3c(nnc3C3CC3)SC2)cc1.Cl. The number of benzene rings is 1. The van der Waals surface area contributed by atoms with Crippen LogP contribution < -0.4 is 0 Å². The van der Waals surface area contributed by atoms with Crippen LogP contribution in [-0.4, -0.2) is 26.3 Å². The molecule has 6 heteroatoms. The van der Waals surface area contributed by atoms with E-state index in [-0.39, 0.29) is 17.8 Å². The van der Waals surface area contributed by atoms with Gasteiger partial charge in [0.15, 0.2) is 5.82 Å². The van der Waals surface area contributed by atoms with Crippen molar-refractivity contribution in [3.8, 4) is 0 Å². The Morgan fingerprint density at radius 2 is 1.78 bits per heavy atom. The normalized spacial score (nSPS) is 17.3. The fourth-order valence-electron chi connectivity index (χ4n) is 2.64. The average Bonchev–Trinajstić information content (AvgIpc) is 3.26. The number of hydrogen-bond donors (Lipinski definition) is 0. The van der Waals surface area contributed by atoms with E-state index in [4.69, 9.17) is 5.10 Å². The van der Waals surface area contributed by atoms with Crippen molar-refractivity contribution in [2.75, 3.05) is 5.75 Å². The van der Waals surface area contributed by atoms with E-state index in [1.54, 1.807) is 11.8 Å². The first kappa shape index (κ1) is 16.5. The third-order valence-corrected chi connectivity index (χ3v) is 5.15. The summed E-state index contributed by atoms with van der Waals surface area (Å²) in [6.07, 6.45) is 2.43. The fraction of sp³-hybridized carbons (Fsp3) is 0.471. The summed E-state index contributed by atoms with van der Waals surface area (Å²) in [4.78, 5) is 0. The van der Waals surface area contributed by atoms with E-state index in [0.717, 1.165) is 22.4 Å². The summed E-state index contributed by atoms with van der Waals surface area (Å²) in [5.74, 6) is 2.46. The molecule has 2 aliphatic rings. The van der Waals surface area contributed by atoms with Gasteiger partial charge in [-0.1, -0.05) is 56.8 Å². The zero-order valence-corrected chi connectivity index (χ0v) is 15.2. The molecule has 2 aromatic rings. The Morgan fingerprint density at radius 1 is 1.09 bits per heavy atom. The lowest BCUT2D eigenvalue weighted by atomic mass is 9.86. The topological polar surface area (TPSA) is 43.1 Å². The molecule has 2 heterocycles. The third kappa shape index (κ3) is 3.17. The highest BCUT2D eigenvalue weighted by Gasteiger charge is 2.32. The molecule has 0 atom stereocenters. The molecule has 1 fully saturated rings. The summed E-state index contributed by atoms with van der Waals surface area (Å²) in [5, 5.41) is 14.3. The van der Waals surface area contributed by atoms with Crippen LogP contribution in [-0.2, 0) is 5.41 Å². The van der Waals surface area contributed by atoms with Crippen LogP contribution in [0.3, 0.4) is 0 Å². The first-order chi connectivity index (χ1) is 10.5. The molecule has 0 unspecified atom stereocenters. The second-order valence-corrected chi connectivity index (χ2v) is 8.03. The maximum absolute atomic E-state index is 4.82. The van der Waals surface area contributed by atoms with E-state index >= 15 is 0 Å². The molecule has 0 radical (unpaired) electrons. The number of hydrogen-bond acceptors (Lipinski definition) is 4. The Balaban J connectivity index is 0.00000156. The lowest BCUT2D eigenvalue weighted by molar-refractivity contribution is 0.590. The molecule has 0 bridgehead atoms. The van der Waals surface area contributed by atoms with E-state index < -0.39 is 0 Å². The van der Waals surface area contributed by atoms with Crippen LogP contribution in [0.4, 0.5) is 0 Å². The summed E-state index contributed by atoms with van der Waals surface area (Å²) in [6, 6.07) is 8.80. The van der Waals surface area contributed by atoms with Crippen LogP contribution >= 0.6 is 24.2 Å². The quantitative estimate of drug-likeness (QED) is 0.815. The van der Waals surface area contributed by atoms with Gasteiger partial charge in [-0.2, -0.15) is 9.78 Å². The lowest BCUT2D eigenvalue weighted by Gasteiger charge is -2.20.